The topological polar surface area (TPSA) is 56.9 Å². The van der Waals surface area contributed by atoms with Crippen LogP contribution in [0.15, 0.2) is 24.7 Å². The summed E-state index contributed by atoms with van der Waals surface area (Å²) in [6, 6.07) is 2.17. The highest BCUT2D eigenvalue weighted by Gasteiger charge is 2.19. The molecule has 2 aromatic rings. The molecular weight excluding hydrogens is 266 g/mol. The van der Waals surface area contributed by atoms with E-state index < -0.39 is 0 Å². The van der Waals surface area contributed by atoms with Crippen molar-refractivity contribution in [2.24, 2.45) is 0 Å². The molecule has 1 unspecified atom stereocenters. The van der Waals surface area contributed by atoms with Gasteiger partial charge in [0.05, 0.1) is 12.3 Å². The van der Waals surface area contributed by atoms with E-state index in [1.807, 2.05) is 16.7 Å². The molecule has 1 atom stereocenters. The Morgan fingerprint density at radius 1 is 1.29 bits per heavy atom. The number of aromatic nitrogens is 3. The summed E-state index contributed by atoms with van der Waals surface area (Å²) in [6.07, 6.45) is 6.94. The Bertz CT molecular complexity index is 551. The fourth-order valence-electron chi connectivity index (χ4n) is 2.89. The maximum Gasteiger partial charge on any atom is 0.233 e. The predicted octanol–water partition coefficient (Wildman–Crippen LogP) is 0.618. The fourth-order valence-corrected chi connectivity index (χ4v) is 2.89. The molecule has 6 heteroatoms. The van der Waals surface area contributed by atoms with Gasteiger partial charge in [-0.25, -0.2) is 9.97 Å². The summed E-state index contributed by atoms with van der Waals surface area (Å²) in [7, 11) is 0. The van der Waals surface area contributed by atoms with Crippen LogP contribution in [0.25, 0.3) is 5.78 Å². The minimum absolute atomic E-state index is 0.234. The molecule has 114 valence electrons. The summed E-state index contributed by atoms with van der Waals surface area (Å²) in [5.41, 5.74) is 1.07. The van der Waals surface area contributed by atoms with Gasteiger partial charge in [0, 0.05) is 44.3 Å². The van der Waals surface area contributed by atoms with Crippen LogP contribution >= 0.6 is 0 Å². The monoisotopic (exact) mass is 289 g/mol. The van der Waals surface area contributed by atoms with Crippen LogP contribution in [-0.4, -0.2) is 68.1 Å². The van der Waals surface area contributed by atoms with Gasteiger partial charge in [-0.05, 0) is 32.5 Å². The van der Waals surface area contributed by atoms with Crippen LogP contribution in [0.4, 0.5) is 0 Å². The van der Waals surface area contributed by atoms with Crippen molar-refractivity contribution in [2.45, 2.75) is 25.9 Å². The van der Waals surface area contributed by atoms with Gasteiger partial charge in [-0.2, -0.15) is 0 Å². The van der Waals surface area contributed by atoms with Crippen molar-refractivity contribution in [3.05, 3.63) is 30.4 Å². The van der Waals surface area contributed by atoms with Crippen LogP contribution in [0.2, 0.25) is 0 Å². The van der Waals surface area contributed by atoms with Gasteiger partial charge in [-0.3, -0.25) is 14.2 Å². The molecule has 1 saturated heterocycles. The summed E-state index contributed by atoms with van der Waals surface area (Å²) in [5, 5.41) is 9.29. The first-order valence-corrected chi connectivity index (χ1v) is 7.62. The molecule has 1 aliphatic rings. The summed E-state index contributed by atoms with van der Waals surface area (Å²) < 4.78 is 1.97. The number of aliphatic hydroxyl groups is 1. The van der Waals surface area contributed by atoms with E-state index in [2.05, 4.69) is 32.9 Å². The number of hydrogen-bond donors (Lipinski definition) is 1. The number of fused-ring (bicyclic) bond motifs is 1. The van der Waals surface area contributed by atoms with Crippen LogP contribution in [0.1, 0.15) is 19.0 Å². The average Bonchev–Trinajstić information content (AvgIpc) is 2.76. The molecule has 1 aliphatic heterocycles. The van der Waals surface area contributed by atoms with Crippen molar-refractivity contribution < 1.29 is 5.11 Å². The third-order valence-electron chi connectivity index (χ3n) is 4.18. The Balaban J connectivity index is 1.62. The van der Waals surface area contributed by atoms with Crippen molar-refractivity contribution >= 4 is 5.78 Å². The molecule has 1 fully saturated rings. The first kappa shape index (κ1) is 14.4. The van der Waals surface area contributed by atoms with E-state index in [9.17, 15) is 5.11 Å². The highest BCUT2D eigenvalue weighted by molar-refractivity contribution is 5.29. The second kappa shape index (κ2) is 6.51. The quantitative estimate of drug-likeness (QED) is 0.894. The predicted molar refractivity (Wildman–Crippen MR) is 81.0 cm³/mol. The van der Waals surface area contributed by atoms with Crippen LogP contribution in [0.5, 0.6) is 0 Å². The van der Waals surface area contributed by atoms with Crippen LogP contribution in [0.3, 0.4) is 0 Å². The molecule has 0 bridgehead atoms. The molecule has 0 saturated carbocycles. The lowest BCUT2D eigenvalue weighted by atomic mass is 10.3. The van der Waals surface area contributed by atoms with E-state index in [0.29, 0.717) is 0 Å². The lowest BCUT2D eigenvalue weighted by Gasteiger charge is -2.26. The summed E-state index contributed by atoms with van der Waals surface area (Å²) in [4.78, 5) is 13.6. The first-order chi connectivity index (χ1) is 10.3. The molecule has 6 nitrogen and oxygen atoms in total. The van der Waals surface area contributed by atoms with Crippen molar-refractivity contribution in [3.8, 4) is 0 Å². The summed E-state index contributed by atoms with van der Waals surface area (Å²) in [6.45, 7) is 7.35. The van der Waals surface area contributed by atoms with Crippen LogP contribution in [-0.2, 0) is 6.54 Å². The molecule has 0 radical (unpaired) electrons. The molecular formula is C15H23N5O. The lowest BCUT2D eigenvalue weighted by molar-refractivity contribution is 0.136. The second-order valence-corrected chi connectivity index (χ2v) is 5.76. The molecule has 0 aromatic carbocycles. The molecule has 3 rings (SSSR count). The third kappa shape index (κ3) is 3.40. The maximum atomic E-state index is 9.29. The molecule has 21 heavy (non-hydrogen) atoms. The molecule has 0 amide bonds. The molecule has 1 N–H and O–H groups in total. The smallest absolute Gasteiger partial charge is 0.233 e. The van der Waals surface area contributed by atoms with E-state index in [1.54, 1.807) is 6.20 Å². The Morgan fingerprint density at radius 2 is 2.19 bits per heavy atom. The van der Waals surface area contributed by atoms with Gasteiger partial charge >= 0.3 is 0 Å². The third-order valence-corrected chi connectivity index (χ3v) is 4.18. The first-order valence-electron chi connectivity index (χ1n) is 7.62. The molecule has 2 aromatic heterocycles. The second-order valence-electron chi connectivity index (χ2n) is 5.76. The number of imidazole rings is 1. The maximum absolute atomic E-state index is 9.29. The number of aliphatic hydroxyl groups excluding tert-OH is 1. The van der Waals surface area contributed by atoms with Gasteiger partial charge in [0.2, 0.25) is 5.78 Å². The zero-order chi connectivity index (χ0) is 14.7. The van der Waals surface area contributed by atoms with E-state index >= 15 is 0 Å². The Kier molecular flexibility index (Phi) is 4.48. The highest BCUT2D eigenvalue weighted by Crippen LogP contribution is 2.11. The van der Waals surface area contributed by atoms with Crippen molar-refractivity contribution in [3.63, 3.8) is 0 Å². The standard InChI is InChI=1S/C15H23N5O/c1-13(12-21)19-7-3-5-18(8-9-19)10-14-11-20-6-2-4-16-15(20)17-14/h2,4,6,11,13,21H,3,5,7-10,12H2,1H3. The lowest BCUT2D eigenvalue weighted by Crippen LogP contribution is -2.38. The average molecular weight is 289 g/mol. The van der Waals surface area contributed by atoms with Gasteiger partial charge < -0.3 is 5.11 Å². The SMILES string of the molecule is CC(CO)N1CCCN(Cc2cn3cccnc3n2)CC1. The Morgan fingerprint density at radius 3 is 3.00 bits per heavy atom. The van der Waals surface area contributed by atoms with E-state index in [-0.39, 0.29) is 12.6 Å². The molecule has 0 spiro atoms. The van der Waals surface area contributed by atoms with E-state index in [4.69, 9.17) is 0 Å². The Labute approximate surface area is 125 Å². The van der Waals surface area contributed by atoms with Gasteiger partial charge in [0.15, 0.2) is 0 Å². The highest BCUT2D eigenvalue weighted by atomic mass is 16.3. The van der Waals surface area contributed by atoms with Crippen molar-refractivity contribution in [2.75, 3.05) is 32.8 Å². The fraction of sp³-hybridized carbons (Fsp3) is 0.600. The van der Waals surface area contributed by atoms with E-state index in [0.717, 1.165) is 50.6 Å². The summed E-state index contributed by atoms with van der Waals surface area (Å²) >= 11 is 0. The minimum Gasteiger partial charge on any atom is -0.395 e. The summed E-state index contributed by atoms with van der Waals surface area (Å²) in [5.74, 6) is 0.762. The largest absolute Gasteiger partial charge is 0.395 e. The Hall–Kier alpha value is -1.50. The van der Waals surface area contributed by atoms with Crippen molar-refractivity contribution in [1.82, 2.24) is 24.2 Å². The van der Waals surface area contributed by atoms with Crippen molar-refractivity contribution in [1.29, 1.82) is 0 Å². The number of nitrogens with zero attached hydrogens (tertiary/aromatic N) is 5. The zero-order valence-electron chi connectivity index (χ0n) is 12.5. The normalized spacial score (nSPS) is 19.7. The van der Waals surface area contributed by atoms with Gasteiger partial charge in [-0.1, -0.05) is 0 Å². The number of rotatable bonds is 4. The zero-order valence-corrected chi connectivity index (χ0v) is 12.5. The van der Waals surface area contributed by atoms with Crippen LogP contribution < -0.4 is 0 Å². The van der Waals surface area contributed by atoms with E-state index in [1.165, 1.54) is 0 Å². The molecule has 3 heterocycles. The minimum atomic E-state index is 0.234. The van der Waals surface area contributed by atoms with Gasteiger partial charge in [0.1, 0.15) is 0 Å². The van der Waals surface area contributed by atoms with Crippen LogP contribution in [0, 0.1) is 0 Å². The van der Waals surface area contributed by atoms with Gasteiger partial charge in [0.25, 0.3) is 0 Å². The molecule has 0 aliphatic carbocycles. The number of hydrogen-bond acceptors (Lipinski definition) is 5. The van der Waals surface area contributed by atoms with Gasteiger partial charge in [-0.15, -0.1) is 0 Å².